The number of fused-ring (bicyclic) bond motifs is 4. The van der Waals surface area contributed by atoms with Crippen LogP contribution in [0.4, 0.5) is 10.5 Å². The molecular weight excluding hydrogens is 396 g/mol. The Labute approximate surface area is 181 Å². The van der Waals surface area contributed by atoms with Gasteiger partial charge in [-0.25, -0.2) is 4.79 Å². The van der Waals surface area contributed by atoms with E-state index in [1.54, 1.807) is 36.4 Å². The number of carbonyl (C=O) groups is 2. The fourth-order valence-electron chi connectivity index (χ4n) is 4.48. The van der Waals surface area contributed by atoms with Crippen molar-refractivity contribution in [2.75, 3.05) is 31.6 Å². The van der Waals surface area contributed by atoms with E-state index < -0.39 is 0 Å². The van der Waals surface area contributed by atoms with Gasteiger partial charge in [-0.2, -0.15) is 0 Å². The van der Waals surface area contributed by atoms with E-state index in [4.69, 9.17) is 4.74 Å². The molecule has 0 radical (unpaired) electrons. The minimum Gasteiger partial charge on any atom is -0.494 e. The number of hydrogen-bond donors (Lipinski definition) is 2. The fourth-order valence-corrected chi connectivity index (χ4v) is 4.48. The van der Waals surface area contributed by atoms with Crippen LogP contribution in [0.3, 0.4) is 0 Å². The maximum absolute atomic E-state index is 12.6. The zero-order chi connectivity index (χ0) is 21.8. The number of aromatic nitrogens is 1. The van der Waals surface area contributed by atoms with Gasteiger partial charge in [-0.3, -0.25) is 9.59 Å². The van der Waals surface area contributed by atoms with Gasteiger partial charge in [-0.05, 0) is 49.6 Å². The Morgan fingerprint density at radius 3 is 2.68 bits per heavy atom. The Morgan fingerprint density at radius 1 is 1.10 bits per heavy atom. The van der Waals surface area contributed by atoms with Crippen LogP contribution in [-0.4, -0.2) is 47.6 Å². The van der Waals surface area contributed by atoms with Crippen molar-refractivity contribution >= 4 is 17.6 Å². The van der Waals surface area contributed by atoms with Crippen molar-refractivity contribution in [1.82, 2.24) is 14.8 Å². The molecule has 3 amide bonds. The molecule has 2 aliphatic heterocycles. The number of pyridine rings is 1. The van der Waals surface area contributed by atoms with E-state index >= 15 is 0 Å². The monoisotopic (exact) mass is 424 g/mol. The molecular formula is C23H28N4O4. The van der Waals surface area contributed by atoms with E-state index in [9.17, 15) is 14.4 Å². The van der Waals surface area contributed by atoms with Crippen LogP contribution in [0, 0.1) is 5.92 Å². The number of rotatable bonds is 6. The van der Waals surface area contributed by atoms with Gasteiger partial charge in [0.05, 0.1) is 6.61 Å². The molecule has 31 heavy (non-hydrogen) atoms. The molecule has 3 heterocycles. The number of hydrogen-bond acceptors (Lipinski definition) is 4. The lowest BCUT2D eigenvalue weighted by molar-refractivity contribution is -0.116. The van der Waals surface area contributed by atoms with Crippen molar-refractivity contribution in [2.24, 2.45) is 5.92 Å². The second-order valence-corrected chi connectivity index (χ2v) is 8.09. The minimum atomic E-state index is -0.159. The SMILES string of the molecule is CCOc1ccc(NC(=O)CCNC(=O)N2C[C@@H]3C[C@H](C2)c2cccc(=O)n2C3)cc1. The highest BCUT2D eigenvalue weighted by Crippen LogP contribution is 2.34. The molecule has 8 nitrogen and oxygen atoms in total. The van der Waals surface area contributed by atoms with E-state index in [1.807, 2.05) is 22.5 Å². The summed E-state index contributed by atoms with van der Waals surface area (Å²) in [4.78, 5) is 38.7. The fraction of sp³-hybridized carbons (Fsp3) is 0.435. The molecule has 2 aliphatic rings. The highest BCUT2D eigenvalue weighted by molar-refractivity contribution is 5.91. The summed E-state index contributed by atoms with van der Waals surface area (Å²) in [5.74, 6) is 1.05. The van der Waals surface area contributed by atoms with E-state index in [0.717, 1.165) is 17.9 Å². The number of ether oxygens (including phenoxy) is 1. The lowest BCUT2D eigenvalue weighted by atomic mass is 9.83. The van der Waals surface area contributed by atoms with Gasteiger partial charge in [-0.1, -0.05) is 6.07 Å². The smallest absolute Gasteiger partial charge is 0.317 e. The number of anilines is 1. The molecule has 1 saturated heterocycles. The van der Waals surface area contributed by atoms with Crippen LogP contribution in [-0.2, 0) is 11.3 Å². The van der Waals surface area contributed by atoms with Gasteiger partial charge in [0.15, 0.2) is 0 Å². The van der Waals surface area contributed by atoms with Gasteiger partial charge in [0.2, 0.25) is 5.91 Å². The number of urea groups is 1. The first-order valence-corrected chi connectivity index (χ1v) is 10.8. The zero-order valence-electron chi connectivity index (χ0n) is 17.7. The maximum Gasteiger partial charge on any atom is 0.317 e. The van der Waals surface area contributed by atoms with Gasteiger partial charge in [0.1, 0.15) is 5.75 Å². The van der Waals surface area contributed by atoms with Gasteiger partial charge >= 0.3 is 6.03 Å². The summed E-state index contributed by atoms with van der Waals surface area (Å²) in [5.41, 5.74) is 1.73. The van der Waals surface area contributed by atoms with E-state index in [-0.39, 0.29) is 42.3 Å². The van der Waals surface area contributed by atoms with Crippen molar-refractivity contribution in [3.63, 3.8) is 0 Å². The van der Waals surface area contributed by atoms with Gasteiger partial charge in [-0.15, -0.1) is 0 Å². The number of likely N-dealkylation sites (tertiary alicyclic amines) is 1. The first-order chi connectivity index (χ1) is 15.0. The van der Waals surface area contributed by atoms with Crippen LogP contribution >= 0.6 is 0 Å². The van der Waals surface area contributed by atoms with Gasteiger partial charge in [0.25, 0.3) is 5.56 Å². The van der Waals surface area contributed by atoms with E-state index in [0.29, 0.717) is 31.9 Å². The number of piperidine rings is 1. The average Bonchev–Trinajstić information content (AvgIpc) is 2.76. The normalized spacial score (nSPS) is 19.3. The van der Waals surface area contributed by atoms with Crippen LogP contribution in [0.1, 0.15) is 31.4 Å². The van der Waals surface area contributed by atoms with E-state index in [2.05, 4.69) is 10.6 Å². The van der Waals surface area contributed by atoms with Crippen molar-refractivity contribution in [2.45, 2.75) is 32.2 Å². The number of benzene rings is 1. The Kier molecular flexibility index (Phi) is 6.25. The molecule has 0 saturated carbocycles. The molecule has 164 valence electrons. The Hall–Kier alpha value is -3.29. The van der Waals surface area contributed by atoms with Crippen LogP contribution < -0.4 is 20.9 Å². The lowest BCUT2D eigenvalue weighted by Crippen LogP contribution is -2.52. The summed E-state index contributed by atoms with van der Waals surface area (Å²) in [6, 6.07) is 12.4. The summed E-state index contributed by atoms with van der Waals surface area (Å²) >= 11 is 0. The Morgan fingerprint density at radius 2 is 1.90 bits per heavy atom. The molecule has 8 heteroatoms. The molecule has 1 fully saturated rings. The van der Waals surface area contributed by atoms with Gasteiger partial charge in [0, 0.05) is 56.0 Å². The molecule has 4 rings (SSSR count). The number of nitrogens with one attached hydrogen (secondary N) is 2. The second kappa shape index (κ2) is 9.24. The summed E-state index contributed by atoms with van der Waals surface area (Å²) < 4.78 is 7.23. The predicted molar refractivity (Wildman–Crippen MR) is 117 cm³/mol. The Bertz CT molecular complexity index is 1000. The summed E-state index contributed by atoms with van der Waals surface area (Å²) in [7, 11) is 0. The molecule has 0 spiro atoms. The standard InChI is InChI=1S/C23H28N4O4/c1-2-31-19-8-6-18(7-9-19)25-21(28)10-11-24-23(30)26-13-16-12-17(15-26)20-4-3-5-22(29)27(20)14-16/h3-9,16-17H,2,10-15H2,1H3,(H,24,30)(H,25,28)/t16-,17+/m0/s1. The Balaban J connectivity index is 1.25. The lowest BCUT2D eigenvalue weighted by Gasteiger charge is -2.42. The molecule has 0 unspecified atom stereocenters. The third-order valence-electron chi connectivity index (χ3n) is 5.84. The molecule has 1 aromatic carbocycles. The third-order valence-corrected chi connectivity index (χ3v) is 5.84. The molecule has 0 aliphatic carbocycles. The van der Waals surface area contributed by atoms with Crippen molar-refractivity contribution in [3.05, 3.63) is 58.5 Å². The highest BCUT2D eigenvalue weighted by atomic mass is 16.5. The van der Waals surface area contributed by atoms with Crippen LogP contribution in [0.2, 0.25) is 0 Å². The third kappa shape index (κ3) is 4.90. The second-order valence-electron chi connectivity index (χ2n) is 8.09. The number of carbonyl (C=O) groups excluding carboxylic acids is 2. The van der Waals surface area contributed by atoms with Crippen LogP contribution in [0.15, 0.2) is 47.3 Å². The van der Waals surface area contributed by atoms with Crippen LogP contribution in [0.5, 0.6) is 5.75 Å². The quantitative estimate of drug-likeness (QED) is 0.745. The summed E-state index contributed by atoms with van der Waals surface area (Å²) in [6.45, 7) is 4.64. The minimum absolute atomic E-state index is 0.0312. The summed E-state index contributed by atoms with van der Waals surface area (Å²) in [6.07, 6.45) is 1.19. The first-order valence-electron chi connectivity index (χ1n) is 10.8. The maximum atomic E-state index is 12.6. The predicted octanol–water partition coefficient (Wildman–Crippen LogP) is 2.40. The summed E-state index contributed by atoms with van der Waals surface area (Å²) in [5, 5.41) is 5.68. The van der Waals surface area contributed by atoms with Gasteiger partial charge < -0.3 is 24.8 Å². The molecule has 2 atom stereocenters. The van der Waals surface area contributed by atoms with Crippen molar-refractivity contribution < 1.29 is 14.3 Å². The zero-order valence-corrected chi connectivity index (χ0v) is 17.7. The molecule has 2 bridgehead atoms. The van der Waals surface area contributed by atoms with Crippen molar-refractivity contribution in [3.8, 4) is 5.75 Å². The molecule has 1 aromatic heterocycles. The number of nitrogens with zero attached hydrogens (tertiary/aromatic N) is 2. The largest absolute Gasteiger partial charge is 0.494 e. The molecule has 2 aromatic rings. The van der Waals surface area contributed by atoms with Crippen molar-refractivity contribution in [1.29, 1.82) is 0 Å². The average molecular weight is 425 g/mol. The first kappa shape index (κ1) is 21.0. The highest BCUT2D eigenvalue weighted by Gasteiger charge is 2.36. The van der Waals surface area contributed by atoms with E-state index in [1.165, 1.54) is 0 Å². The topological polar surface area (TPSA) is 92.7 Å². The van der Waals surface area contributed by atoms with Crippen LogP contribution in [0.25, 0.3) is 0 Å². The number of amides is 3. The molecule has 2 N–H and O–H groups in total.